The van der Waals surface area contributed by atoms with Gasteiger partial charge in [-0.25, -0.2) is 9.59 Å². The number of hydrogen-bond acceptors (Lipinski definition) is 4. The zero-order valence-electron chi connectivity index (χ0n) is 12.3. The van der Waals surface area contributed by atoms with Crippen LogP contribution < -0.4 is 10.6 Å². The van der Waals surface area contributed by atoms with Gasteiger partial charge in [0.25, 0.3) is 0 Å². The van der Waals surface area contributed by atoms with E-state index >= 15 is 0 Å². The topological polar surface area (TPSA) is 67.4 Å². The second-order valence-corrected chi connectivity index (χ2v) is 6.56. The number of amides is 2. The van der Waals surface area contributed by atoms with E-state index < -0.39 is 12.0 Å². The Morgan fingerprint density at radius 2 is 2.14 bits per heavy atom. The fourth-order valence-corrected chi connectivity index (χ4v) is 2.97. The fraction of sp³-hybridized carbons (Fsp3) is 0.333. The minimum atomic E-state index is -0.536. The lowest BCUT2D eigenvalue weighted by Gasteiger charge is -2.28. The molecule has 2 amide bonds. The van der Waals surface area contributed by atoms with E-state index in [1.807, 2.05) is 30.5 Å². The molecule has 0 spiro atoms. The molecule has 2 rings (SSSR count). The molecule has 0 aromatic heterocycles. The fourth-order valence-electron chi connectivity index (χ4n) is 2.20. The molecule has 1 heterocycles. The molecule has 7 heteroatoms. The van der Waals surface area contributed by atoms with Crippen LogP contribution >= 0.6 is 27.7 Å². The van der Waals surface area contributed by atoms with Crippen molar-refractivity contribution in [3.8, 4) is 0 Å². The number of carbonyl (C=O) groups is 2. The highest BCUT2D eigenvalue weighted by Gasteiger charge is 2.33. The Kier molecular flexibility index (Phi) is 5.90. The largest absolute Gasteiger partial charge is 0.461 e. The Morgan fingerprint density at radius 1 is 1.41 bits per heavy atom. The van der Waals surface area contributed by atoms with Gasteiger partial charge in [-0.15, -0.1) is 0 Å². The number of halogens is 1. The summed E-state index contributed by atoms with van der Waals surface area (Å²) in [5.74, 6) is 0.317. The van der Waals surface area contributed by atoms with Crippen LogP contribution in [0.3, 0.4) is 0 Å². The van der Waals surface area contributed by atoms with Gasteiger partial charge in [0.2, 0.25) is 0 Å². The predicted molar refractivity (Wildman–Crippen MR) is 90.6 cm³/mol. The van der Waals surface area contributed by atoms with Crippen LogP contribution in [-0.2, 0) is 9.53 Å². The van der Waals surface area contributed by atoms with Gasteiger partial charge in [0.1, 0.15) is 6.61 Å². The third kappa shape index (κ3) is 3.84. The van der Waals surface area contributed by atoms with E-state index in [2.05, 4.69) is 26.6 Å². The highest BCUT2D eigenvalue weighted by Crippen LogP contribution is 2.32. The molecular weight excluding hydrogens is 368 g/mol. The molecule has 0 saturated heterocycles. The van der Waals surface area contributed by atoms with Crippen LogP contribution in [0.15, 0.2) is 40.0 Å². The highest BCUT2D eigenvalue weighted by atomic mass is 79.9. The standard InChI is InChI=1S/C15H17BrN2O3S/c1-9-12(14(19)21-7-8-22-2)13(18-15(20)17-9)10-5-3-4-6-11(10)16/h3-6,13H,7-8H2,1-2H3,(H2,17,18,20)/t13-/m0/s1. The number of rotatable bonds is 5. The summed E-state index contributed by atoms with van der Waals surface area (Å²) in [7, 11) is 0. The van der Waals surface area contributed by atoms with Gasteiger partial charge >= 0.3 is 12.0 Å². The molecule has 1 aliphatic heterocycles. The Labute approximate surface area is 142 Å². The lowest BCUT2D eigenvalue weighted by atomic mass is 9.96. The minimum Gasteiger partial charge on any atom is -0.461 e. The predicted octanol–water partition coefficient (Wildman–Crippen LogP) is 2.98. The number of hydrogen-bond donors (Lipinski definition) is 2. The summed E-state index contributed by atoms with van der Waals surface area (Å²) in [6.07, 6.45) is 1.95. The zero-order valence-corrected chi connectivity index (χ0v) is 14.7. The Bertz CT molecular complexity index is 619. The van der Waals surface area contributed by atoms with Crippen molar-refractivity contribution in [3.63, 3.8) is 0 Å². The number of ether oxygens (including phenoxy) is 1. The molecule has 0 aliphatic carbocycles. The van der Waals surface area contributed by atoms with Crippen molar-refractivity contribution in [1.29, 1.82) is 0 Å². The maximum atomic E-state index is 12.4. The van der Waals surface area contributed by atoms with Crippen molar-refractivity contribution < 1.29 is 14.3 Å². The molecule has 0 unspecified atom stereocenters. The average molecular weight is 385 g/mol. The van der Waals surface area contributed by atoms with E-state index in [1.54, 1.807) is 18.7 Å². The number of urea groups is 1. The average Bonchev–Trinajstić information content (AvgIpc) is 2.47. The van der Waals surface area contributed by atoms with Gasteiger partial charge in [-0.2, -0.15) is 11.8 Å². The number of esters is 1. The maximum absolute atomic E-state index is 12.4. The minimum absolute atomic E-state index is 0.334. The van der Waals surface area contributed by atoms with Gasteiger partial charge in [0.15, 0.2) is 0 Å². The second-order valence-electron chi connectivity index (χ2n) is 4.72. The smallest absolute Gasteiger partial charge is 0.338 e. The van der Waals surface area contributed by atoms with E-state index in [4.69, 9.17) is 4.74 Å². The molecule has 1 aromatic rings. The first-order chi connectivity index (χ1) is 10.5. The molecule has 5 nitrogen and oxygen atoms in total. The van der Waals surface area contributed by atoms with Crippen molar-refractivity contribution in [2.45, 2.75) is 13.0 Å². The summed E-state index contributed by atoms with van der Waals surface area (Å²) in [6.45, 7) is 2.04. The van der Waals surface area contributed by atoms with Gasteiger partial charge in [0, 0.05) is 15.9 Å². The quantitative estimate of drug-likeness (QED) is 0.604. The van der Waals surface area contributed by atoms with Crippen molar-refractivity contribution in [2.24, 2.45) is 0 Å². The molecule has 0 saturated carbocycles. The maximum Gasteiger partial charge on any atom is 0.338 e. The Balaban J connectivity index is 2.33. The first-order valence-corrected chi connectivity index (χ1v) is 8.92. The summed E-state index contributed by atoms with van der Waals surface area (Å²) < 4.78 is 6.12. The van der Waals surface area contributed by atoms with Gasteiger partial charge in [-0.05, 0) is 24.8 Å². The van der Waals surface area contributed by atoms with Gasteiger partial charge in [0.05, 0.1) is 11.6 Å². The van der Waals surface area contributed by atoms with Crippen LogP contribution in [-0.4, -0.2) is 30.6 Å². The summed E-state index contributed by atoms with van der Waals surface area (Å²) in [5.41, 5.74) is 1.75. The van der Waals surface area contributed by atoms with E-state index in [0.29, 0.717) is 17.9 Å². The monoisotopic (exact) mass is 384 g/mol. The highest BCUT2D eigenvalue weighted by molar-refractivity contribution is 9.10. The first-order valence-electron chi connectivity index (χ1n) is 6.73. The van der Waals surface area contributed by atoms with E-state index in [1.165, 1.54) is 0 Å². The number of benzene rings is 1. The van der Waals surface area contributed by atoms with Crippen LogP contribution in [0, 0.1) is 0 Å². The van der Waals surface area contributed by atoms with E-state index in [9.17, 15) is 9.59 Å². The van der Waals surface area contributed by atoms with Crippen LogP contribution in [0.5, 0.6) is 0 Å². The van der Waals surface area contributed by atoms with Gasteiger partial charge < -0.3 is 15.4 Å². The van der Waals surface area contributed by atoms with E-state index in [-0.39, 0.29) is 6.03 Å². The number of carbonyl (C=O) groups excluding carboxylic acids is 2. The normalized spacial score (nSPS) is 17.8. The van der Waals surface area contributed by atoms with Crippen LogP contribution in [0.2, 0.25) is 0 Å². The molecule has 2 N–H and O–H groups in total. The summed E-state index contributed by atoms with van der Waals surface area (Å²) in [6, 6.07) is 6.60. The molecule has 0 bridgehead atoms. The van der Waals surface area contributed by atoms with Gasteiger partial charge in [-0.1, -0.05) is 34.1 Å². The van der Waals surface area contributed by atoms with Crippen LogP contribution in [0.25, 0.3) is 0 Å². The zero-order chi connectivity index (χ0) is 16.1. The molecule has 1 aromatic carbocycles. The number of nitrogens with one attached hydrogen (secondary N) is 2. The summed E-state index contributed by atoms with van der Waals surface area (Å²) >= 11 is 5.07. The molecule has 118 valence electrons. The molecule has 22 heavy (non-hydrogen) atoms. The van der Waals surface area contributed by atoms with Crippen LogP contribution in [0.4, 0.5) is 4.79 Å². The third-order valence-corrected chi connectivity index (χ3v) is 4.52. The summed E-state index contributed by atoms with van der Waals surface area (Å²) in [5, 5.41) is 5.41. The lowest BCUT2D eigenvalue weighted by molar-refractivity contribution is -0.138. The molecule has 0 radical (unpaired) electrons. The number of allylic oxidation sites excluding steroid dienone is 1. The molecule has 1 atom stereocenters. The Morgan fingerprint density at radius 3 is 2.82 bits per heavy atom. The van der Waals surface area contributed by atoms with Crippen molar-refractivity contribution in [3.05, 3.63) is 45.6 Å². The van der Waals surface area contributed by atoms with E-state index in [0.717, 1.165) is 15.8 Å². The van der Waals surface area contributed by atoms with Crippen molar-refractivity contribution in [1.82, 2.24) is 10.6 Å². The molecular formula is C15H17BrN2O3S. The van der Waals surface area contributed by atoms with Gasteiger partial charge in [-0.3, -0.25) is 0 Å². The van der Waals surface area contributed by atoms with Crippen LogP contribution in [0.1, 0.15) is 18.5 Å². The molecule has 1 aliphatic rings. The summed E-state index contributed by atoms with van der Waals surface area (Å²) in [4.78, 5) is 24.2. The Hall–Kier alpha value is -1.47. The second kappa shape index (κ2) is 7.69. The SMILES string of the molecule is CSCCOC(=O)C1=C(C)NC(=O)N[C@H]1c1ccccc1Br. The number of thioether (sulfide) groups is 1. The lowest BCUT2D eigenvalue weighted by Crippen LogP contribution is -2.45. The molecule has 0 fully saturated rings. The first kappa shape index (κ1) is 16.9. The van der Waals surface area contributed by atoms with Crippen molar-refractivity contribution >= 4 is 39.7 Å². The van der Waals surface area contributed by atoms with Crippen molar-refractivity contribution in [2.75, 3.05) is 18.6 Å². The third-order valence-electron chi connectivity index (χ3n) is 3.23.